The third kappa shape index (κ3) is 2.78. The van der Waals surface area contributed by atoms with Crippen LogP contribution in [-0.4, -0.2) is 43.9 Å². The summed E-state index contributed by atoms with van der Waals surface area (Å²) in [7, 11) is -0.996. The Labute approximate surface area is 149 Å². The molecule has 0 spiro atoms. The van der Waals surface area contributed by atoms with Gasteiger partial charge < -0.3 is 25.4 Å². The fourth-order valence-corrected chi connectivity index (χ4v) is 3.46. The molecule has 0 bridgehead atoms. The van der Waals surface area contributed by atoms with E-state index in [1.165, 1.54) is 4.90 Å². The Hall–Kier alpha value is -3.01. The van der Waals surface area contributed by atoms with E-state index < -0.39 is 19.1 Å². The number of nitrogens with zero attached hydrogens (tertiary/aromatic N) is 3. The summed E-state index contributed by atoms with van der Waals surface area (Å²) < 4.78 is 7.04. The number of carbonyl (C=O) groups excluding carboxylic acids is 1. The molecule has 26 heavy (non-hydrogen) atoms. The van der Waals surface area contributed by atoms with Crippen LogP contribution in [0.2, 0.25) is 6.32 Å². The number of carbonyl (C=O) groups is 2. The van der Waals surface area contributed by atoms with E-state index in [2.05, 4.69) is 5.10 Å². The zero-order valence-corrected chi connectivity index (χ0v) is 13.9. The number of rotatable bonds is 3. The number of urea groups is 1. The van der Waals surface area contributed by atoms with E-state index in [0.717, 1.165) is 16.8 Å². The molecule has 1 aromatic carbocycles. The molecule has 3 heterocycles. The summed E-state index contributed by atoms with van der Waals surface area (Å²) in [6.07, 6.45) is 2.79. The lowest BCUT2D eigenvalue weighted by molar-refractivity contribution is 0.0693. The Balaban J connectivity index is 1.64. The molecule has 0 saturated heterocycles. The van der Waals surface area contributed by atoms with Crippen molar-refractivity contribution < 1.29 is 24.4 Å². The van der Waals surface area contributed by atoms with Crippen LogP contribution in [0.25, 0.3) is 0 Å². The predicted molar refractivity (Wildman–Crippen MR) is 90.7 cm³/mol. The summed E-state index contributed by atoms with van der Waals surface area (Å²) in [6.45, 7) is 0.997. The van der Waals surface area contributed by atoms with Gasteiger partial charge in [-0.2, -0.15) is 5.10 Å². The van der Waals surface area contributed by atoms with Crippen LogP contribution in [0.15, 0.2) is 18.3 Å². The molecular formula is C16H17BN4O5. The monoisotopic (exact) mass is 356 g/mol. The highest BCUT2D eigenvalue weighted by Crippen LogP contribution is 2.33. The van der Waals surface area contributed by atoms with Gasteiger partial charge in [-0.3, -0.25) is 4.68 Å². The highest BCUT2D eigenvalue weighted by atomic mass is 16.5. The molecule has 0 unspecified atom stereocenters. The average molecular weight is 356 g/mol. The van der Waals surface area contributed by atoms with E-state index in [0.29, 0.717) is 31.4 Å². The average Bonchev–Trinajstić information content (AvgIpc) is 3.12. The standard InChI is InChI=1S/C16H17BN4O5/c18-16(24)20-5-11-7-21(19-12(11)8-20)6-10-2-1-9-3-4-17(25)26-14(9)13(10)15(22)23/h1-2,7,25H,3-6,8H2,(H2,18,24)(H,22,23). The Kier molecular flexibility index (Phi) is 3.84. The molecule has 4 rings (SSSR count). The summed E-state index contributed by atoms with van der Waals surface area (Å²) in [6, 6.07) is 3.09. The van der Waals surface area contributed by atoms with E-state index in [1.807, 2.05) is 6.07 Å². The van der Waals surface area contributed by atoms with Gasteiger partial charge in [-0.1, -0.05) is 12.1 Å². The summed E-state index contributed by atoms with van der Waals surface area (Å²) in [4.78, 5) is 24.5. The smallest absolute Gasteiger partial charge is 0.522 e. The van der Waals surface area contributed by atoms with E-state index in [4.69, 9.17) is 10.4 Å². The van der Waals surface area contributed by atoms with E-state index in [9.17, 15) is 19.7 Å². The second-order valence-electron chi connectivity index (χ2n) is 6.50. The van der Waals surface area contributed by atoms with Gasteiger partial charge in [0.25, 0.3) is 0 Å². The normalized spacial score (nSPS) is 15.4. The number of aryl methyl sites for hydroxylation is 1. The molecule has 0 fully saturated rings. The third-order valence-electron chi connectivity index (χ3n) is 4.72. The summed E-state index contributed by atoms with van der Waals surface area (Å²) in [5.41, 5.74) is 8.29. The molecule has 0 radical (unpaired) electrons. The number of amides is 2. The van der Waals surface area contributed by atoms with Crippen molar-refractivity contribution in [2.75, 3.05) is 0 Å². The zero-order valence-electron chi connectivity index (χ0n) is 13.9. The van der Waals surface area contributed by atoms with Crippen molar-refractivity contribution in [1.82, 2.24) is 14.7 Å². The Morgan fingerprint density at radius 1 is 1.31 bits per heavy atom. The van der Waals surface area contributed by atoms with Gasteiger partial charge in [0.15, 0.2) is 0 Å². The fourth-order valence-electron chi connectivity index (χ4n) is 3.46. The van der Waals surface area contributed by atoms with Crippen molar-refractivity contribution >= 4 is 19.1 Å². The molecule has 1 aromatic heterocycles. The Morgan fingerprint density at radius 3 is 2.81 bits per heavy atom. The maximum atomic E-state index is 11.8. The van der Waals surface area contributed by atoms with Gasteiger partial charge in [-0.05, 0) is 23.9 Å². The second kappa shape index (κ2) is 6.06. The van der Waals surface area contributed by atoms with Crippen molar-refractivity contribution in [3.8, 4) is 5.75 Å². The number of aromatic nitrogens is 2. The van der Waals surface area contributed by atoms with Gasteiger partial charge in [0, 0.05) is 11.8 Å². The first-order chi connectivity index (χ1) is 12.4. The van der Waals surface area contributed by atoms with Crippen LogP contribution in [-0.2, 0) is 26.1 Å². The zero-order chi connectivity index (χ0) is 18.4. The second-order valence-corrected chi connectivity index (χ2v) is 6.50. The number of nitrogens with two attached hydrogens (primary N) is 1. The lowest BCUT2D eigenvalue weighted by Crippen LogP contribution is -2.31. The minimum Gasteiger partial charge on any atom is -0.535 e. The number of primary amides is 1. The number of hydrogen-bond donors (Lipinski definition) is 3. The van der Waals surface area contributed by atoms with Crippen molar-refractivity contribution in [3.05, 3.63) is 46.3 Å². The molecule has 2 aliphatic rings. The highest BCUT2D eigenvalue weighted by molar-refractivity contribution is 6.44. The van der Waals surface area contributed by atoms with Gasteiger partial charge in [-0.15, -0.1) is 0 Å². The molecular weight excluding hydrogens is 339 g/mol. The number of carboxylic acids is 1. The van der Waals surface area contributed by atoms with Gasteiger partial charge in [0.2, 0.25) is 0 Å². The first-order valence-corrected chi connectivity index (χ1v) is 8.24. The van der Waals surface area contributed by atoms with Crippen LogP contribution in [0.3, 0.4) is 0 Å². The lowest BCUT2D eigenvalue weighted by atomic mass is 9.78. The lowest BCUT2D eigenvalue weighted by Gasteiger charge is -2.23. The molecule has 134 valence electrons. The van der Waals surface area contributed by atoms with Gasteiger partial charge in [0.1, 0.15) is 11.3 Å². The van der Waals surface area contributed by atoms with Crippen LogP contribution < -0.4 is 10.4 Å². The minimum atomic E-state index is -1.11. The predicted octanol–water partition coefficient (Wildman–Crippen LogP) is 0.439. The maximum absolute atomic E-state index is 11.8. The van der Waals surface area contributed by atoms with Crippen molar-refractivity contribution in [3.63, 3.8) is 0 Å². The SMILES string of the molecule is NC(=O)N1Cc2cn(Cc3ccc4c(c3C(=O)O)OB(O)CC4)nc2C1. The maximum Gasteiger partial charge on any atom is 0.522 e. The number of fused-ring (bicyclic) bond motifs is 2. The van der Waals surface area contributed by atoms with Gasteiger partial charge in [0.05, 0.1) is 25.3 Å². The number of hydrogen-bond acceptors (Lipinski definition) is 5. The topological polar surface area (TPSA) is 131 Å². The molecule has 2 aliphatic heterocycles. The van der Waals surface area contributed by atoms with E-state index >= 15 is 0 Å². The van der Waals surface area contributed by atoms with Gasteiger partial charge in [-0.25, -0.2) is 9.59 Å². The van der Waals surface area contributed by atoms with Crippen LogP contribution in [0.4, 0.5) is 4.79 Å². The van der Waals surface area contributed by atoms with Crippen LogP contribution in [0.1, 0.15) is 32.7 Å². The summed E-state index contributed by atoms with van der Waals surface area (Å²) in [5, 5.41) is 23.8. The van der Waals surface area contributed by atoms with E-state index in [-0.39, 0.29) is 17.9 Å². The number of aromatic carboxylic acids is 1. The van der Waals surface area contributed by atoms with Gasteiger partial charge >= 0.3 is 19.1 Å². The van der Waals surface area contributed by atoms with Crippen LogP contribution in [0, 0.1) is 0 Å². The quantitative estimate of drug-likeness (QED) is 0.684. The van der Waals surface area contributed by atoms with Crippen LogP contribution >= 0.6 is 0 Å². The molecule has 0 saturated carbocycles. The summed E-state index contributed by atoms with van der Waals surface area (Å²) in [5.74, 6) is -0.876. The molecule has 0 atom stereocenters. The molecule has 2 amide bonds. The molecule has 4 N–H and O–H groups in total. The van der Waals surface area contributed by atoms with Crippen molar-refractivity contribution in [1.29, 1.82) is 0 Å². The van der Waals surface area contributed by atoms with Crippen molar-refractivity contribution in [2.45, 2.75) is 32.4 Å². The number of benzene rings is 1. The van der Waals surface area contributed by atoms with E-state index in [1.54, 1.807) is 16.9 Å². The molecule has 0 aliphatic carbocycles. The Morgan fingerprint density at radius 2 is 2.12 bits per heavy atom. The first kappa shape index (κ1) is 16.5. The minimum absolute atomic E-state index is 0.0515. The fraction of sp³-hybridized carbons (Fsp3) is 0.312. The van der Waals surface area contributed by atoms with Crippen molar-refractivity contribution in [2.24, 2.45) is 5.73 Å². The number of carboxylic acid groups (broad SMARTS) is 1. The summed E-state index contributed by atoms with van der Waals surface area (Å²) >= 11 is 0. The third-order valence-corrected chi connectivity index (χ3v) is 4.72. The molecule has 9 nitrogen and oxygen atoms in total. The molecule has 10 heteroatoms. The molecule has 2 aromatic rings. The first-order valence-electron chi connectivity index (χ1n) is 8.24. The largest absolute Gasteiger partial charge is 0.535 e. The van der Waals surface area contributed by atoms with Crippen LogP contribution in [0.5, 0.6) is 5.75 Å². The highest BCUT2D eigenvalue weighted by Gasteiger charge is 2.30. The Bertz CT molecular complexity index is 889.